The lowest BCUT2D eigenvalue weighted by Crippen LogP contribution is -2.33. The Morgan fingerprint density at radius 2 is 1.52 bits per heavy atom. The van der Waals surface area contributed by atoms with Gasteiger partial charge in [0.15, 0.2) is 0 Å². The molecule has 0 saturated carbocycles. The second kappa shape index (κ2) is 8.00. The highest BCUT2D eigenvalue weighted by Crippen LogP contribution is 2.36. The molecule has 31 heavy (non-hydrogen) atoms. The molecular formula is C25H20ClFN2O2. The summed E-state index contributed by atoms with van der Waals surface area (Å²) in [6.07, 6.45) is 0. The van der Waals surface area contributed by atoms with Gasteiger partial charge in [0.2, 0.25) is 0 Å². The van der Waals surface area contributed by atoms with Crippen LogP contribution in [0.1, 0.15) is 22.3 Å². The average molecular weight is 435 g/mol. The summed E-state index contributed by atoms with van der Waals surface area (Å²) in [5, 5.41) is 3.66. The Balaban J connectivity index is 1.88. The van der Waals surface area contributed by atoms with Gasteiger partial charge in [-0.1, -0.05) is 41.9 Å². The highest BCUT2D eigenvalue weighted by atomic mass is 35.5. The maximum atomic E-state index is 13.5. The van der Waals surface area contributed by atoms with Gasteiger partial charge in [-0.3, -0.25) is 9.59 Å². The average Bonchev–Trinajstić information content (AvgIpc) is 2.98. The zero-order valence-corrected chi connectivity index (χ0v) is 18.0. The van der Waals surface area contributed by atoms with Crippen LogP contribution >= 0.6 is 11.6 Å². The largest absolute Gasteiger partial charge is 0.350 e. The van der Waals surface area contributed by atoms with Crippen molar-refractivity contribution >= 4 is 40.4 Å². The number of hydrogen-bond acceptors (Lipinski definition) is 3. The fourth-order valence-corrected chi connectivity index (χ4v) is 3.78. The number of rotatable bonds is 4. The topological polar surface area (TPSA) is 49.4 Å². The number of benzene rings is 3. The Kier molecular flexibility index (Phi) is 5.38. The van der Waals surface area contributed by atoms with Crippen LogP contribution in [0.15, 0.2) is 66.4 Å². The fraction of sp³-hybridized carbons (Fsp3) is 0.120. The van der Waals surface area contributed by atoms with E-state index in [1.807, 2.05) is 32.9 Å². The van der Waals surface area contributed by atoms with Gasteiger partial charge in [-0.2, -0.15) is 0 Å². The van der Waals surface area contributed by atoms with Crippen LogP contribution < -0.4 is 10.2 Å². The number of halogens is 2. The third-order valence-corrected chi connectivity index (χ3v) is 5.97. The standard InChI is InChI=1S/C25H20ClFN2O2/c1-14-6-4-9-21(15(14)2)29-24(30)22(17-10-12-18(27)13-11-17)23(25(29)31)28-20-8-5-7-19(26)16(20)3/h4-13,28H,1-3H3. The normalized spacial score (nSPS) is 13.9. The molecular weight excluding hydrogens is 415 g/mol. The molecule has 3 aromatic carbocycles. The minimum Gasteiger partial charge on any atom is -0.350 e. The minimum atomic E-state index is -0.475. The first-order valence-electron chi connectivity index (χ1n) is 9.77. The number of aryl methyl sites for hydroxylation is 1. The van der Waals surface area contributed by atoms with Gasteiger partial charge < -0.3 is 5.32 Å². The van der Waals surface area contributed by atoms with E-state index < -0.39 is 17.6 Å². The molecule has 0 aliphatic carbocycles. The molecule has 4 rings (SSSR count). The van der Waals surface area contributed by atoms with Gasteiger partial charge in [0.05, 0.1) is 11.3 Å². The first-order valence-corrected chi connectivity index (χ1v) is 10.1. The lowest BCUT2D eigenvalue weighted by atomic mass is 10.0. The zero-order chi connectivity index (χ0) is 22.3. The molecule has 0 aromatic heterocycles. The number of anilines is 2. The molecule has 1 N–H and O–H groups in total. The highest BCUT2D eigenvalue weighted by Gasteiger charge is 2.41. The minimum absolute atomic E-state index is 0.128. The summed E-state index contributed by atoms with van der Waals surface area (Å²) in [6.45, 7) is 5.62. The van der Waals surface area contributed by atoms with Crippen LogP contribution in [0.4, 0.5) is 15.8 Å². The molecule has 0 atom stereocenters. The Morgan fingerprint density at radius 3 is 2.23 bits per heavy atom. The summed E-state index contributed by atoms with van der Waals surface area (Å²) in [6, 6.07) is 16.3. The Morgan fingerprint density at radius 1 is 0.839 bits per heavy atom. The van der Waals surface area contributed by atoms with Crippen molar-refractivity contribution in [2.24, 2.45) is 0 Å². The van der Waals surface area contributed by atoms with E-state index in [4.69, 9.17) is 11.6 Å². The molecule has 156 valence electrons. The second-order valence-electron chi connectivity index (χ2n) is 7.46. The SMILES string of the molecule is Cc1cccc(N2C(=O)C(Nc3cccc(Cl)c3C)=C(c3ccc(F)cc3)C2=O)c1C. The number of hydrogen-bond donors (Lipinski definition) is 1. The van der Waals surface area contributed by atoms with E-state index in [2.05, 4.69) is 5.32 Å². The third kappa shape index (κ3) is 3.62. The third-order valence-electron chi connectivity index (χ3n) is 5.56. The van der Waals surface area contributed by atoms with E-state index in [-0.39, 0.29) is 11.3 Å². The molecule has 0 spiro atoms. The number of nitrogens with zero attached hydrogens (tertiary/aromatic N) is 1. The van der Waals surface area contributed by atoms with Gasteiger partial charge in [-0.05, 0) is 73.4 Å². The van der Waals surface area contributed by atoms with Gasteiger partial charge in [0.25, 0.3) is 11.8 Å². The summed E-state index contributed by atoms with van der Waals surface area (Å²) in [7, 11) is 0. The molecule has 0 radical (unpaired) electrons. The van der Waals surface area contributed by atoms with Crippen LogP contribution in [0.2, 0.25) is 5.02 Å². The van der Waals surface area contributed by atoms with Crippen molar-refractivity contribution in [3.05, 3.63) is 99.5 Å². The quantitative estimate of drug-likeness (QED) is 0.528. The van der Waals surface area contributed by atoms with Crippen LogP contribution in [0, 0.1) is 26.6 Å². The molecule has 1 aliphatic rings. The molecule has 6 heteroatoms. The molecule has 2 amide bonds. The fourth-order valence-electron chi connectivity index (χ4n) is 3.60. The Bertz CT molecular complexity index is 1250. The molecule has 4 nitrogen and oxygen atoms in total. The van der Waals surface area contributed by atoms with Crippen molar-refractivity contribution in [3.63, 3.8) is 0 Å². The van der Waals surface area contributed by atoms with E-state index >= 15 is 0 Å². The summed E-state index contributed by atoms with van der Waals surface area (Å²) >= 11 is 6.24. The summed E-state index contributed by atoms with van der Waals surface area (Å²) in [4.78, 5) is 28.2. The lowest BCUT2D eigenvalue weighted by molar-refractivity contribution is -0.120. The summed E-state index contributed by atoms with van der Waals surface area (Å²) < 4.78 is 13.5. The highest BCUT2D eigenvalue weighted by molar-refractivity contribution is 6.46. The molecule has 0 fully saturated rings. The molecule has 0 unspecified atom stereocenters. The zero-order valence-electron chi connectivity index (χ0n) is 17.3. The second-order valence-corrected chi connectivity index (χ2v) is 7.87. The van der Waals surface area contributed by atoms with Crippen LogP contribution in [-0.2, 0) is 9.59 Å². The molecule has 0 bridgehead atoms. The first kappa shape index (κ1) is 20.8. The maximum absolute atomic E-state index is 13.5. The van der Waals surface area contributed by atoms with Gasteiger partial charge in [0.1, 0.15) is 11.5 Å². The van der Waals surface area contributed by atoms with E-state index in [1.165, 1.54) is 29.2 Å². The monoisotopic (exact) mass is 434 g/mol. The molecule has 1 aliphatic heterocycles. The molecule has 1 heterocycles. The van der Waals surface area contributed by atoms with E-state index in [1.54, 1.807) is 24.3 Å². The number of amides is 2. The van der Waals surface area contributed by atoms with Gasteiger partial charge in [-0.15, -0.1) is 0 Å². The van der Waals surface area contributed by atoms with Gasteiger partial charge in [0, 0.05) is 10.7 Å². The summed E-state index contributed by atoms with van der Waals surface area (Å²) in [5.41, 5.74) is 4.46. The van der Waals surface area contributed by atoms with Crippen molar-refractivity contribution in [1.29, 1.82) is 0 Å². The predicted molar refractivity (Wildman–Crippen MR) is 122 cm³/mol. The van der Waals surface area contributed by atoms with Crippen LogP contribution in [0.3, 0.4) is 0 Å². The number of carbonyl (C=O) groups excluding carboxylic acids is 2. The Hall–Kier alpha value is -3.44. The predicted octanol–water partition coefficient (Wildman–Crippen LogP) is 5.80. The summed E-state index contributed by atoms with van der Waals surface area (Å²) in [5.74, 6) is -1.36. The van der Waals surface area contributed by atoms with Crippen LogP contribution in [0.25, 0.3) is 5.57 Å². The van der Waals surface area contributed by atoms with Crippen molar-refractivity contribution in [3.8, 4) is 0 Å². The van der Waals surface area contributed by atoms with Gasteiger partial charge in [-0.25, -0.2) is 9.29 Å². The number of nitrogens with one attached hydrogen (secondary N) is 1. The lowest BCUT2D eigenvalue weighted by Gasteiger charge is -2.19. The first-order chi connectivity index (χ1) is 14.8. The van der Waals surface area contributed by atoms with E-state index in [0.717, 1.165) is 16.7 Å². The van der Waals surface area contributed by atoms with Crippen molar-refractivity contribution in [1.82, 2.24) is 0 Å². The molecule has 3 aromatic rings. The van der Waals surface area contributed by atoms with Crippen molar-refractivity contribution in [2.75, 3.05) is 10.2 Å². The smallest absolute Gasteiger partial charge is 0.282 e. The molecule has 0 saturated heterocycles. The van der Waals surface area contributed by atoms with Crippen molar-refractivity contribution in [2.45, 2.75) is 20.8 Å². The van der Waals surface area contributed by atoms with Crippen molar-refractivity contribution < 1.29 is 14.0 Å². The van der Waals surface area contributed by atoms with E-state index in [9.17, 15) is 14.0 Å². The maximum Gasteiger partial charge on any atom is 0.282 e. The van der Waals surface area contributed by atoms with Crippen LogP contribution in [0.5, 0.6) is 0 Å². The number of carbonyl (C=O) groups is 2. The Labute approximate surface area is 185 Å². The number of imide groups is 1. The van der Waals surface area contributed by atoms with Crippen LogP contribution in [-0.4, -0.2) is 11.8 Å². The van der Waals surface area contributed by atoms with E-state index in [0.29, 0.717) is 22.0 Å². The van der Waals surface area contributed by atoms with Gasteiger partial charge >= 0.3 is 0 Å².